The molecule has 0 aliphatic heterocycles. The van der Waals surface area contributed by atoms with E-state index in [0.29, 0.717) is 5.82 Å². The normalized spacial score (nSPS) is 12.6. The maximum absolute atomic E-state index is 12.6. The summed E-state index contributed by atoms with van der Waals surface area (Å²) in [6.07, 6.45) is -4.45. The van der Waals surface area contributed by atoms with Gasteiger partial charge in [0.2, 0.25) is 11.7 Å². The Labute approximate surface area is 153 Å². The van der Waals surface area contributed by atoms with Gasteiger partial charge in [-0.05, 0) is 44.2 Å². The van der Waals surface area contributed by atoms with Gasteiger partial charge in [-0.2, -0.15) is 18.2 Å². The Morgan fingerprint density at radius 2 is 1.85 bits per heavy atom. The Bertz CT molecular complexity index is 949. The molecular weight excluding hydrogens is 359 g/mol. The fourth-order valence-electron chi connectivity index (χ4n) is 2.46. The van der Waals surface area contributed by atoms with Crippen LogP contribution < -0.4 is 5.32 Å². The largest absolute Gasteiger partial charge is 0.416 e. The molecule has 3 aromatic rings. The summed E-state index contributed by atoms with van der Waals surface area (Å²) in [6, 6.07) is 10.9. The predicted octanol–water partition coefficient (Wildman–Crippen LogP) is 4.55. The van der Waals surface area contributed by atoms with Crippen molar-refractivity contribution in [3.8, 4) is 11.4 Å². The average molecular weight is 375 g/mol. The van der Waals surface area contributed by atoms with E-state index in [2.05, 4.69) is 15.5 Å². The van der Waals surface area contributed by atoms with E-state index in [1.807, 2.05) is 31.2 Å². The molecule has 0 spiro atoms. The lowest BCUT2D eigenvalue weighted by Gasteiger charge is -2.11. The molecule has 1 aromatic heterocycles. The summed E-state index contributed by atoms with van der Waals surface area (Å²) < 4.78 is 43.0. The zero-order chi connectivity index (χ0) is 19.6. The number of benzene rings is 2. The van der Waals surface area contributed by atoms with E-state index in [1.165, 1.54) is 0 Å². The molecule has 1 heterocycles. The molecule has 1 amide bonds. The molecule has 1 atom stereocenters. The van der Waals surface area contributed by atoms with Crippen LogP contribution in [-0.2, 0) is 6.18 Å². The van der Waals surface area contributed by atoms with Gasteiger partial charge in [0.1, 0.15) is 6.04 Å². The number of halogens is 3. The van der Waals surface area contributed by atoms with Crippen LogP contribution in [0.2, 0.25) is 0 Å². The molecule has 0 saturated carbocycles. The second-order valence-corrected chi connectivity index (χ2v) is 6.10. The van der Waals surface area contributed by atoms with Crippen molar-refractivity contribution in [3.05, 3.63) is 71.1 Å². The average Bonchev–Trinajstić information content (AvgIpc) is 3.11. The van der Waals surface area contributed by atoms with Gasteiger partial charge >= 0.3 is 6.18 Å². The summed E-state index contributed by atoms with van der Waals surface area (Å²) in [5.41, 5.74) is 1.12. The van der Waals surface area contributed by atoms with Crippen LogP contribution in [0.15, 0.2) is 53.1 Å². The summed E-state index contributed by atoms with van der Waals surface area (Å²) in [7, 11) is 0. The van der Waals surface area contributed by atoms with E-state index < -0.39 is 23.7 Å². The zero-order valence-electron chi connectivity index (χ0n) is 14.5. The number of carbonyl (C=O) groups excluding carboxylic acids is 1. The van der Waals surface area contributed by atoms with E-state index in [0.717, 1.165) is 35.4 Å². The molecule has 140 valence electrons. The van der Waals surface area contributed by atoms with Gasteiger partial charge in [0.05, 0.1) is 5.56 Å². The van der Waals surface area contributed by atoms with Gasteiger partial charge in [-0.3, -0.25) is 4.79 Å². The van der Waals surface area contributed by atoms with Crippen LogP contribution in [0.5, 0.6) is 0 Å². The molecule has 5 nitrogen and oxygen atoms in total. The lowest BCUT2D eigenvalue weighted by atomic mass is 10.1. The highest BCUT2D eigenvalue weighted by molar-refractivity contribution is 5.94. The monoisotopic (exact) mass is 375 g/mol. The lowest BCUT2D eigenvalue weighted by molar-refractivity contribution is -0.137. The molecule has 0 radical (unpaired) electrons. The fraction of sp³-hybridized carbons (Fsp3) is 0.211. The summed E-state index contributed by atoms with van der Waals surface area (Å²) in [6.45, 7) is 3.59. The van der Waals surface area contributed by atoms with Crippen molar-refractivity contribution >= 4 is 5.91 Å². The molecule has 8 heteroatoms. The number of hydrogen-bond acceptors (Lipinski definition) is 4. The Balaban J connectivity index is 1.70. The number of nitrogens with one attached hydrogen (secondary N) is 1. The number of rotatable bonds is 4. The van der Waals surface area contributed by atoms with E-state index >= 15 is 0 Å². The van der Waals surface area contributed by atoms with Crippen molar-refractivity contribution in [2.45, 2.75) is 26.1 Å². The number of alkyl halides is 3. The van der Waals surface area contributed by atoms with E-state index in [4.69, 9.17) is 4.52 Å². The van der Waals surface area contributed by atoms with E-state index in [1.54, 1.807) is 6.92 Å². The van der Waals surface area contributed by atoms with Crippen molar-refractivity contribution < 1.29 is 22.5 Å². The SMILES string of the molecule is Cc1cccc(-c2noc([C@@H](C)NC(=O)c3ccc(C(F)(F)F)cc3)n2)c1. The number of carbonyl (C=O) groups is 1. The molecule has 2 aromatic carbocycles. The molecule has 0 fully saturated rings. The molecule has 3 rings (SSSR count). The number of nitrogens with zero attached hydrogens (tertiary/aromatic N) is 2. The van der Waals surface area contributed by atoms with Crippen LogP contribution in [-0.4, -0.2) is 16.0 Å². The molecule has 0 aliphatic rings. The molecule has 1 N–H and O–H groups in total. The minimum Gasteiger partial charge on any atom is -0.341 e. The van der Waals surface area contributed by atoms with Gasteiger partial charge in [-0.15, -0.1) is 0 Å². The molecule has 0 saturated heterocycles. The highest BCUT2D eigenvalue weighted by Gasteiger charge is 2.30. The van der Waals surface area contributed by atoms with Crippen molar-refractivity contribution in [1.29, 1.82) is 0 Å². The number of amides is 1. The first-order chi connectivity index (χ1) is 12.7. The highest BCUT2D eigenvalue weighted by atomic mass is 19.4. The maximum atomic E-state index is 12.6. The van der Waals surface area contributed by atoms with E-state index in [-0.39, 0.29) is 11.5 Å². The first-order valence-electron chi connectivity index (χ1n) is 8.13. The molecule has 0 aliphatic carbocycles. The first kappa shape index (κ1) is 18.6. The van der Waals surface area contributed by atoms with Crippen LogP contribution in [0.3, 0.4) is 0 Å². The van der Waals surface area contributed by atoms with Crippen LogP contribution in [0.25, 0.3) is 11.4 Å². The molecule has 0 bridgehead atoms. The Morgan fingerprint density at radius 3 is 2.48 bits per heavy atom. The van der Waals surface area contributed by atoms with Gasteiger partial charge in [-0.1, -0.05) is 28.9 Å². The second kappa shape index (κ2) is 7.22. The van der Waals surface area contributed by atoms with Gasteiger partial charge in [0.25, 0.3) is 5.91 Å². The lowest BCUT2D eigenvalue weighted by Crippen LogP contribution is -2.26. The second-order valence-electron chi connectivity index (χ2n) is 6.10. The van der Waals surface area contributed by atoms with Crippen LogP contribution in [0, 0.1) is 6.92 Å². The summed E-state index contributed by atoms with van der Waals surface area (Å²) in [4.78, 5) is 16.5. The quantitative estimate of drug-likeness (QED) is 0.726. The van der Waals surface area contributed by atoms with Crippen LogP contribution in [0.4, 0.5) is 13.2 Å². The zero-order valence-corrected chi connectivity index (χ0v) is 14.5. The Hall–Kier alpha value is -3.16. The van der Waals surface area contributed by atoms with Gasteiger partial charge in [-0.25, -0.2) is 0 Å². The predicted molar refractivity (Wildman–Crippen MR) is 91.8 cm³/mol. The third kappa shape index (κ3) is 4.33. The Morgan fingerprint density at radius 1 is 1.15 bits per heavy atom. The third-order valence-corrected chi connectivity index (χ3v) is 3.91. The van der Waals surface area contributed by atoms with Gasteiger partial charge in [0.15, 0.2) is 0 Å². The fourth-order valence-corrected chi connectivity index (χ4v) is 2.46. The van der Waals surface area contributed by atoms with Crippen LogP contribution in [0.1, 0.15) is 40.3 Å². The molecule has 0 unspecified atom stereocenters. The van der Waals surface area contributed by atoms with Crippen molar-refractivity contribution in [2.24, 2.45) is 0 Å². The van der Waals surface area contributed by atoms with Crippen molar-refractivity contribution in [3.63, 3.8) is 0 Å². The Kier molecular flexibility index (Phi) is 4.98. The smallest absolute Gasteiger partial charge is 0.341 e. The van der Waals surface area contributed by atoms with Gasteiger partial charge in [0, 0.05) is 11.1 Å². The van der Waals surface area contributed by atoms with E-state index in [9.17, 15) is 18.0 Å². The maximum Gasteiger partial charge on any atom is 0.416 e. The molecular formula is C19H16F3N3O2. The topological polar surface area (TPSA) is 68.0 Å². The standard InChI is InChI=1S/C19H16F3N3O2/c1-11-4-3-5-14(10-11)16-24-18(27-25-16)12(2)23-17(26)13-6-8-15(9-7-13)19(20,21)22/h3-10,12H,1-2H3,(H,23,26)/t12-/m1/s1. The summed E-state index contributed by atoms with van der Waals surface area (Å²) >= 11 is 0. The highest BCUT2D eigenvalue weighted by Crippen LogP contribution is 2.29. The summed E-state index contributed by atoms with van der Waals surface area (Å²) in [5.74, 6) is 0.0580. The minimum atomic E-state index is -4.45. The van der Waals surface area contributed by atoms with Crippen molar-refractivity contribution in [2.75, 3.05) is 0 Å². The number of aromatic nitrogens is 2. The minimum absolute atomic E-state index is 0.105. The van der Waals surface area contributed by atoms with Gasteiger partial charge < -0.3 is 9.84 Å². The third-order valence-electron chi connectivity index (χ3n) is 3.91. The summed E-state index contributed by atoms with van der Waals surface area (Å²) in [5, 5.41) is 6.54. The number of hydrogen-bond donors (Lipinski definition) is 1. The first-order valence-corrected chi connectivity index (χ1v) is 8.13. The van der Waals surface area contributed by atoms with Crippen molar-refractivity contribution in [1.82, 2.24) is 15.5 Å². The number of aryl methyl sites for hydroxylation is 1. The molecule has 27 heavy (non-hydrogen) atoms. The van der Waals surface area contributed by atoms with Crippen LogP contribution >= 0.6 is 0 Å².